The summed E-state index contributed by atoms with van der Waals surface area (Å²) in [7, 11) is -2.72. The van der Waals surface area contributed by atoms with E-state index in [0.717, 1.165) is 0 Å². The molecule has 2 rings (SSSR count). The summed E-state index contributed by atoms with van der Waals surface area (Å²) in [5.41, 5.74) is 3.40. The Hall–Kier alpha value is 1.07. The van der Waals surface area contributed by atoms with Gasteiger partial charge >= 0.3 is 182 Å². The summed E-state index contributed by atoms with van der Waals surface area (Å²) in [6.45, 7) is 27.5. The van der Waals surface area contributed by atoms with Crippen molar-refractivity contribution in [2.24, 2.45) is 11.8 Å². The zero-order valence-electron chi connectivity index (χ0n) is 21.7. The fourth-order valence-electron chi connectivity index (χ4n) is 4.94. The molecule has 0 fully saturated rings. The third-order valence-electron chi connectivity index (χ3n) is 7.11. The van der Waals surface area contributed by atoms with Crippen molar-refractivity contribution in [2.75, 3.05) is 0 Å². The monoisotopic (exact) mass is 580 g/mol. The minimum absolute atomic E-state index is 0. The van der Waals surface area contributed by atoms with Crippen LogP contribution in [0.15, 0.2) is 40.3 Å². The van der Waals surface area contributed by atoms with Gasteiger partial charge in [0, 0.05) is 0 Å². The van der Waals surface area contributed by atoms with E-state index in [2.05, 4.69) is 95.3 Å². The molecule has 0 nitrogen and oxygen atoms in total. The molecular weight excluding hydrogens is 535 g/mol. The zero-order chi connectivity index (χ0) is 21.9. The number of hydrogen-bond donors (Lipinski definition) is 0. The molecule has 0 aliphatic heterocycles. The van der Waals surface area contributed by atoms with Crippen LogP contribution in [0, 0.1) is 11.8 Å². The Bertz CT molecular complexity index is 801. The summed E-state index contributed by atoms with van der Waals surface area (Å²) in [6, 6.07) is 0. The van der Waals surface area contributed by atoms with Gasteiger partial charge < -0.3 is 0 Å². The number of rotatable bonds is 6. The Balaban J connectivity index is 0.00000420. The Morgan fingerprint density at radius 3 is 1.17 bits per heavy atom. The van der Waals surface area contributed by atoms with Crippen molar-refractivity contribution >= 4 is 47.8 Å². The first kappa shape index (κ1) is 31.1. The quantitative estimate of drug-likeness (QED) is 0.276. The largest absolute Gasteiger partial charge is 0.147 e. The van der Waals surface area contributed by atoms with E-state index in [0.29, 0.717) is 11.8 Å². The van der Waals surface area contributed by atoms with Crippen LogP contribution in [0.4, 0.5) is 0 Å². The molecule has 2 aliphatic carbocycles. The average Bonchev–Trinajstić information content (AvgIpc) is 3.12. The molecule has 0 N–H and O–H groups in total. The first-order chi connectivity index (χ1) is 12.3. The Labute approximate surface area is 204 Å². The standard InChI is InChI=1S/2C11H19Si.2CH3.2ClH.H2Si.Zr/c2*1-9(2)10-6-7-11(8-10)12(3,4)5;;;;;;/h2*8-9H,6H2,1-5H3;2*1H3;2*1H;1H2;. The minimum atomic E-state index is -3.22. The maximum atomic E-state index is 2.78. The molecule has 0 amide bonds. The molecule has 6 heteroatoms. The molecule has 0 unspecified atom stereocenters. The van der Waals surface area contributed by atoms with Gasteiger partial charge in [0.1, 0.15) is 0 Å². The molecule has 0 heterocycles. The number of allylic oxidation sites excluding steroid dienone is 8. The Morgan fingerprint density at radius 2 is 0.967 bits per heavy atom. The molecule has 0 aromatic heterocycles. The van der Waals surface area contributed by atoms with Gasteiger partial charge in [-0.05, 0) is 0 Å². The van der Waals surface area contributed by atoms with Gasteiger partial charge in [-0.15, -0.1) is 24.8 Å². The van der Waals surface area contributed by atoms with Crippen molar-refractivity contribution in [3.05, 3.63) is 40.3 Å². The summed E-state index contributed by atoms with van der Waals surface area (Å²) in [5.74, 6) is 1.35. The molecular formula is C24H48Cl2Si3Zr. The maximum Gasteiger partial charge on any atom is -0.147 e. The van der Waals surface area contributed by atoms with Crippen molar-refractivity contribution in [1.29, 1.82) is 0 Å². The van der Waals surface area contributed by atoms with Gasteiger partial charge in [0.25, 0.3) is 0 Å². The predicted octanol–water partition coefficient (Wildman–Crippen LogP) is 8.40. The van der Waals surface area contributed by atoms with Crippen LogP contribution in [0.5, 0.6) is 0 Å². The van der Waals surface area contributed by atoms with Crippen molar-refractivity contribution in [3.63, 3.8) is 0 Å². The van der Waals surface area contributed by atoms with Crippen LogP contribution in [0.25, 0.3) is 0 Å². The first-order valence-corrected chi connectivity index (χ1v) is 31.6. The first-order valence-electron chi connectivity index (χ1n) is 11.3. The smallest absolute Gasteiger partial charge is 0.147 e. The van der Waals surface area contributed by atoms with E-state index in [9.17, 15) is 0 Å². The third kappa shape index (κ3) is 6.14. The van der Waals surface area contributed by atoms with E-state index >= 15 is 0 Å². The van der Waals surface area contributed by atoms with Crippen LogP contribution < -0.4 is 0 Å². The Kier molecular flexibility index (Phi) is 10.1. The summed E-state index contributed by atoms with van der Waals surface area (Å²) < 4.78 is 9.45. The molecule has 0 saturated carbocycles. The van der Waals surface area contributed by atoms with Crippen LogP contribution in [0.3, 0.4) is 0 Å². The van der Waals surface area contributed by atoms with Gasteiger partial charge in [-0.3, -0.25) is 0 Å². The molecule has 0 aromatic carbocycles. The van der Waals surface area contributed by atoms with Crippen LogP contribution in [0.1, 0.15) is 40.5 Å². The normalized spacial score (nSPS) is 18.6. The van der Waals surface area contributed by atoms with E-state index < -0.39 is 33.5 Å². The van der Waals surface area contributed by atoms with Gasteiger partial charge in [-0.2, -0.15) is 0 Å². The molecule has 0 bridgehead atoms. The second-order valence-electron chi connectivity index (χ2n) is 13.1. The van der Waals surface area contributed by atoms with Gasteiger partial charge in [0.05, 0.1) is 0 Å². The maximum absolute atomic E-state index is 3.22. The average molecular weight is 583 g/mol. The van der Waals surface area contributed by atoms with Crippen LogP contribution in [-0.2, 0) is 17.4 Å². The van der Waals surface area contributed by atoms with Crippen LogP contribution in [-0.4, -0.2) is 23.0 Å². The summed E-state index contributed by atoms with van der Waals surface area (Å²) >= 11 is -3.22. The molecule has 30 heavy (non-hydrogen) atoms. The van der Waals surface area contributed by atoms with E-state index in [-0.39, 0.29) is 24.8 Å². The molecule has 0 aromatic rings. The van der Waals surface area contributed by atoms with Crippen molar-refractivity contribution in [1.82, 2.24) is 0 Å². The third-order valence-corrected chi connectivity index (χ3v) is 29.2. The van der Waals surface area contributed by atoms with Gasteiger partial charge in [0.2, 0.25) is 0 Å². The van der Waals surface area contributed by atoms with Gasteiger partial charge in [-0.1, -0.05) is 0 Å². The van der Waals surface area contributed by atoms with Crippen LogP contribution in [0.2, 0.25) is 48.5 Å². The molecule has 174 valence electrons. The van der Waals surface area contributed by atoms with Gasteiger partial charge in [-0.25, -0.2) is 0 Å². The van der Waals surface area contributed by atoms with E-state index in [4.69, 9.17) is 0 Å². The molecule has 0 atom stereocenters. The van der Waals surface area contributed by atoms with E-state index in [1.807, 2.05) is 17.0 Å². The summed E-state index contributed by atoms with van der Waals surface area (Å²) in [6.07, 6.45) is 7.89. The number of halogens is 2. The van der Waals surface area contributed by atoms with Crippen molar-refractivity contribution in [3.8, 4) is 0 Å². The second-order valence-corrected chi connectivity index (χ2v) is 51.9. The summed E-state index contributed by atoms with van der Waals surface area (Å²) in [5, 5.41) is 3.64. The van der Waals surface area contributed by atoms with Crippen LogP contribution >= 0.6 is 24.8 Å². The Morgan fingerprint density at radius 1 is 0.700 bits per heavy atom. The topological polar surface area (TPSA) is 0 Å². The molecule has 0 radical (unpaired) electrons. The molecule has 0 spiro atoms. The zero-order valence-corrected chi connectivity index (χ0v) is 29.3. The fourth-order valence-corrected chi connectivity index (χ4v) is 33.5. The SMILES string of the molecule is CC(C)C1=CC([Si](C)(C)C)=[C]([Zr]([CH3])([CH3])(=[SiH2])[C]2=C([Si](C)(C)C)C=C(C(C)C)C2)C1.Cl.Cl. The van der Waals surface area contributed by atoms with E-state index in [1.165, 1.54) is 12.8 Å². The summed E-state index contributed by atoms with van der Waals surface area (Å²) in [4.78, 5) is 0. The second kappa shape index (κ2) is 9.75. The number of hydrogen-bond acceptors (Lipinski definition) is 0. The fraction of sp³-hybridized carbons (Fsp3) is 0.667. The van der Waals surface area contributed by atoms with Crippen molar-refractivity contribution in [2.45, 2.75) is 89.1 Å². The predicted molar refractivity (Wildman–Crippen MR) is 151 cm³/mol. The molecule has 0 saturated heterocycles. The van der Waals surface area contributed by atoms with E-state index in [1.54, 1.807) is 11.1 Å². The minimum Gasteiger partial charge on any atom is -0.147 e. The van der Waals surface area contributed by atoms with Gasteiger partial charge in [0.15, 0.2) is 0 Å². The molecule has 2 aliphatic rings. The van der Waals surface area contributed by atoms with Crippen molar-refractivity contribution < 1.29 is 17.4 Å².